The Morgan fingerprint density at radius 1 is 1.00 bits per heavy atom. The molecule has 1 aliphatic heterocycles. The lowest BCUT2D eigenvalue weighted by Gasteiger charge is -2.15. The van der Waals surface area contributed by atoms with E-state index in [1.54, 1.807) is 18.2 Å². The second-order valence-corrected chi connectivity index (χ2v) is 6.47. The van der Waals surface area contributed by atoms with Crippen LogP contribution in [0.15, 0.2) is 48.5 Å². The maximum Gasteiger partial charge on any atom is 0.323 e. The van der Waals surface area contributed by atoms with Crippen LogP contribution in [0.4, 0.5) is 16.2 Å². The van der Waals surface area contributed by atoms with Gasteiger partial charge < -0.3 is 20.3 Å². The smallest absolute Gasteiger partial charge is 0.323 e. The highest BCUT2D eigenvalue weighted by molar-refractivity contribution is 6.00. The number of benzene rings is 2. The SMILES string of the molecule is CCOc1ccccc1NC(=O)Nc1ccc(CC(=O)N2CCCC2)cc1. The van der Waals surface area contributed by atoms with Crippen molar-refractivity contribution in [3.8, 4) is 5.75 Å². The van der Waals surface area contributed by atoms with Crippen molar-refractivity contribution in [3.05, 3.63) is 54.1 Å². The fourth-order valence-electron chi connectivity index (χ4n) is 3.09. The Hall–Kier alpha value is -3.02. The molecule has 0 saturated carbocycles. The van der Waals surface area contributed by atoms with Gasteiger partial charge in [-0.15, -0.1) is 0 Å². The summed E-state index contributed by atoms with van der Waals surface area (Å²) in [6, 6.07) is 14.3. The van der Waals surface area contributed by atoms with Crippen molar-refractivity contribution in [2.75, 3.05) is 30.3 Å². The Morgan fingerprint density at radius 3 is 2.41 bits per heavy atom. The van der Waals surface area contributed by atoms with Crippen LogP contribution in [0, 0.1) is 0 Å². The Kier molecular flexibility index (Phi) is 6.30. The predicted molar refractivity (Wildman–Crippen MR) is 106 cm³/mol. The summed E-state index contributed by atoms with van der Waals surface area (Å²) in [6.45, 7) is 4.15. The Balaban J connectivity index is 1.55. The predicted octanol–water partition coefficient (Wildman–Crippen LogP) is 3.89. The zero-order chi connectivity index (χ0) is 19.1. The first-order chi connectivity index (χ1) is 13.2. The number of para-hydroxylation sites is 2. The largest absolute Gasteiger partial charge is 0.492 e. The van der Waals surface area contributed by atoms with Crippen LogP contribution in [0.25, 0.3) is 0 Å². The van der Waals surface area contributed by atoms with Crippen LogP contribution in [0.2, 0.25) is 0 Å². The molecule has 3 amide bonds. The van der Waals surface area contributed by atoms with Crippen molar-refractivity contribution >= 4 is 23.3 Å². The molecule has 6 heteroatoms. The third-order valence-corrected chi connectivity index (χ3v) is 4.46. The van der Waals surface area contributed by atoms with E-state index in [1.165, 1.54) is 0 Å². The first kappa shape index (κ1) is 18.8. The molecule has 1 aliphatic rings. The molecule has 27 heavy (non-hydrogen) atoms. The number of nitrogens with one attached hydrogen (secondary N) is 2. The molecular formula is C21H25N3O3. The molecule has 0 unspecified atom stereocenters. The topological polar surface area (TPSA) is 70.7 Å². The zero-order valence-corrected chi connectivity index (χ0v) is 15.5. The number of amides is 3. The normalized spacial score (nSPS) is 13.3. The van der Waals surface area contributed by atoms with Gasteiger partial charge in [-0.2, -0.15) is 0 Å². The van der Waals surface area contributed by atoms with Crippen molar-refractivity contribution in [1.29, 1.82) is 0 Å². The van der Waals surface area contributed by atoms with E-state index in [-0.39, 0.29) is 11.9 Å². The van der Waals surface area contributed by atoms with E-state index in [9.17, 15) is 9.59 Å². The van der Waals surface area contributed by atoms with Crippen LogP contribution in [0.3, 0.4) is 0 Å². The van der Waals surface area contributed by atoms with E-state index in [4.69, 9.17) is 4.74 Å². The number of carbonyl (C=O) groups excluding carboxylic acids is 2. The molecule has 2 aromatic rings. The summed E-state index contributed by atoms with van der Waals surface area (Å²) in [6.07, 6.45) is 2.58. The Bertz CT molecular complexity index is 784. The third kappa shape index (κ3) is 5.23. The van der Waals surface area contributed by atoms with Gasteiger partial charge in [0.2, 0.25) is 5.91 Å². The number of anilines is 2. The van der Waals surface area contributed by atoms with Gasteiger partial charge in [-0.3, -0.25) is 4.79 Å². The van der Waals surface area contributed by atoms with Crippen LogP contribution in [-0.2, 0) is 11.2 Å². The summed E-state index contributed by atoms with van der Waals surface area (Å²) in [5.74, 6) is 0.796. The molecule has 0 aromatic heterocycles. The number of likely N-dealkylation sites (tertiary alicyclic amines) is 1. The standard InChI is InChI=1S/C21H25N3O3/c1-2-27-19-8-4-3-7-18(19)23-21(26)22-17-11-9-16(10-12-17)15-20(25)24-13-5-6-14-24/h3-4,7-12H,2,5-6,13-15H2,1H3,(H2,22,23,26). The highest BCUT2D eigenvalue weighted by Crippen LogP contribution is 2.24. The van der Waals surface area contributed by atoms with Crippen molar-refractivity contribution in [2.24, 2.45) is 0 Å². The lowest BCUT2D eigenvalue weighted by atomic mass is 10.1. The maximum absolute atomic E-state index is 12.2. The number of nitrogens with zero attached hydrogens (tertiary/aromatic N) is 1. The van der Waals surface area contributed by atoms with Gasteiger partial charge in [0.15, 0.2) is 0 Å². The molecule has 6 nitrogen and oxygen atoms in total. The zero-order valence-electron chi connectivity index (χ0n) is 15.5. The van der Waals surface area contributed by atoms with Crippen LogP contribution >= 0.6 is 0 Å². The van der Waals surface area contributed by atoms with Gasteiger partial charge in [0, 0.05) is 18.8 Å². The van der Waals surface area contributed by atoms with Gasteiger partial charge in [0.05, 0.1) is 18.7 Å². The molecule has 0 radical (unpaired) electrons. The van der Waals surface area contributed by atoms with Crippen molar-refractivity contribution < 1.29 is 14.3 Å². The van der Waals surface area contributed by atoms with Crippen LogP contribution in [-0.4, -0.2) is 36.5 Å². The summed E-state index contributed by atoms with van der Waals surface area (Å²) in [5.41, 5.74) is 2.22. The van der Waals surface area contributed by atoms with Crippen molar-refractivity contribution in [2.45, 2.75) is 26.2 Å². The summed E-state index contributed by atoms with van der Waals surface area (Å²) >= 11 is 0. The molecular weight excluding hydrogens is 342 g/mol. The quantitative estimate of drug-likeness (QED) is 0.814. The lowest BCUT2D eigenvalue weighted by Crippen LogP contribution is -2.29. The van der Waals surface area contributed by atoms with E-state index >= 15 is 0 Å². The lowest BCUT2D eigenvalue weighted by molar-refractivity contribution is -0.129. The highest BCUT2D eigenvalue weighted by Gasteiger charge is 2.17. The molecule has 2 aromatic carbocycles. The van der Waals surface area contributed by atoms with Crippen molar-refractivity contribution in [3.63, 3.8) is 0 Å². The average molecular weight is 367 g/mol. The molecule has 1 heterocycles. The summed E-state index contributed by atoms with van der Waals surface area (Å²) in [7, 11) is 0. The minimum absolute atomic E-state index is 0.165. The molecule has 0 atom stereocenters. The Morgan fingerprint density at radius 2 is 1.70 bits per heavy atom. The number of urea groups is 1. The van der Waals surface area contributed by atoms with E-state index < -0.39 is 0 Å². The number of hydrogen-bond acceptors (Lipinski definition) is 3. The van der Waals surface area contributed by atoms with Gasteiger partial charge in [-0.25, -0.2) is 4.79 Å². The molecule has 0 bridgehead atoms. The second kappa shape index (κ2) is 9.07. The minimum atomic E-state index is -0.344. The summed E-state index contributed by atoms with van der Waals surface area (Å²) in [5, 5.41) is 5.59. The van der Waals surface area contributed by atoms with Crippen LogP contribution < -0.4 is 15.4 Å². The van der Waals surface area contributed by atoms with E-state index in [0.29, 0.717) is 30.2 Å². The van der Waals surface area contributed by atoms with E-state index in [0.717, 1.165) is 31.5 Å². The van der Waals surface area contributed by atoms with Crippen LogP contribution in [0.5, 0.6) is 5.75 Å². The van der Waals surface area contributed by atoms with Gasteiger partial charge in [-0.1, -0.05) is 24.3 Å². The summed E-state index contributed by atoms with van der Waals surface area (Å²) < 4.78 is 5.50. The monoisotopic (exact) mass is 367 g/mol. The molecule has 142 valence electrons. The molecule has 0 aliphatic carbocycles. The first-order valence-electron chi connectivity index (χ1n) is 9.32. The Labute approximate surface area is 159 Å². The van der Waals surface area contributed by atoms with Gasteiger partial charge >= 0.3 is 6.03 Å². The molecule has 1 saturated heterocycles. The number of hydrogen-bond donors (Lipinski definition) is 2. The fourth-order valence-corrected chi connectivity index (χ4v) is 3.09. The average Bonchev–Trinajstić information content (AvgIpc) is 3.20. The number of rotatable bonds is 6. The number of carbonyl (C=O) groups is 2. The van der Waals surface area contributed by atoms with Crippen molar-refractivity contribution in [1.82, 2.24) is 4.90 Å². The highest BCUT2D eigenvalue weighted by atomic mass is 16.5. The van der Waals surface area contributed by atoms with Gasteiger partial charge in [0.25, 0.3) is 0 Å². The molecule has 3 rings (SSSR count). The molecule has 2 N–H and O–H groups in total. The van der Waals surface area contributed by atoms with Gasteiger partial charge in [-0.05, 0) is 49.6 Å². The summed E-state index contributed by atoms with van der Waals surface area (Å²) in [4.78, 5) is 26.3. The molecule has 1 fully saturated rings. The van der Waals surface area contributed by atoms with Crippen LogP contribution in [0.1, 0.15) is 25.3 Å². The minimum Gasteiger partial charge on any atom is -0.492 e. The van der Waals surface area contributed by atoms with E-state index in [1.807, 2.05) is 42.2 Å². The molecule has 0 spiro atoms. The van der Waals surface area contributed by atoms with E-state index in [2.05, 4.69) is 10.6 Å². The van der Waals surface area contributed by atoms with Gasteiger partial charge in [0.1, 0.15) is 5.75 Å². The fraction of sp³-hybridized carbons (Fsp3) is 0.333. The first-order valence-corrected chi connectivity index (χ1v) is 9.32. The maximum atomic E-state index is 12.2. The second-order valence-electron chi connectivity index (χ2n) is 6.47. The third-order valence-electron chi connectivity index (χ3n) is 4.46. The number of ether oxygens (including phenoxy) is 1.